The standard InChI is InChI=1S/C29H39N3O2/c1-4-22-11-8-14-25-27(20-31-29(22)25)26(23-12-7-13-24(18-23)34-3)19-28(33)30-15-9-17-32-16-6-5-10-21(32)2/h7-8,11-14,18,20-21,26,31H,4-6,9-10,15-17,19H2,1-3H3,(H,30,33). The number of methoxy groups -OCH3 is 1. The fourth-order valence-corrected chi connectivity index (χ4v) is 5.34. The number of rotatable bonds is 10. The number of carbonyl (C=O) groups is 1. The van der Waals surface area contributed by atoms with Gasteiger partial charge in [-0.25, -0.2) is 0 Å². The summed E-state index contributed by atoms with van der Waals surface area (Å²) in [5.74, 6) is 0.867. The van der Waals surface area contributed by atoms with Gasteiger partial charge in [0.2, 0.25) is 5.91 Å². The van der Waals surface area contributed by atoms with E-state index in [1.807, 2.05) is 12.1 Å². The van der Waals surface area contributed by atoms with Crippen LogP contribution >= 0.6 is 0 Å². The molecule has 34 heavy (non-hydrogen) atoms. The van der Waals surface area contributed by atoms with Crippen LogP contribution in [0.15, 0.2) is 48.7 Å². The van der Waals surface area contributed by atoms with Gasteiger partial charge in [0.25, 0.3) is 0 Å². The van der Waals surface area contributed by atoms with Gasteiger partial charge in [0.1, 0.15) is 5.75 Å². The third-order valence-corrected chi connectivity index (χ3v) is 7.36. The lowest BCUT2D eigenvalue weighted by molar-refractivity contribution is -0.121. The van der Waals surface area contributed by atoms with Crippen LogP contribution in [0, 0.1) is 0 Å². The first-order valence-corrected chi connectivity index (χ1v) is 12.8. The maximum absolute atomic E-state index is 13.1. The van der Waals surface area contributed by atoms with Crippen LogP contribution in [0.5, 0.6) is 5.75 Å². The quantitative estimate of drug-likeness (QED) is 0.384. The Morgan fingerprint density at radius 2 is 2.09 bits per heavy atom. The molecule has 2 unspecified atom stereocenters. The van der Waals surface area contributed by atoms with Crippen molar-refractivity contribution in [2.75, 3.05) is 26.7 Å². The van der Waals surface area contributed by atoms with E-state index in [1.54, 1.807) is 7.11 Å². The molecule has 2 atom stereocenters. The van der Waals surface area contributed by atoms with Gasteiger partial charge in [-0.3, -0.25) is 4.79 Å². The number of fused-ring (bicyclic) bond motifs is 1. The first kappa shape index (κ1) is 24.3. The van der Waals surface area contributed by atoms with Crippen LogP contribution < -0.4 is 10.1 Å². The number of benzene rings is 2. The van der Waals surface area contributed by atoms with Gasteiger partial charge in [0.15, 0.2) is 0 Å². The molecule has 182 valence electrons. The monoisotopic (exact) mass is 461 g/mol. The van der Waals surface area contributed by atoms with Crippen LogP contribution in [0.4, 0.5) is 0 Å². The predicted molar refractivity (Wildman–Crippen MR) is 140 cm³/mol. The molecule has 1 amide bonds. The van der Waals surface area contributed by atoms with E-state index in [9.17, 15) is 4.79 Å². The summed E-state index contributed by atoms with van der Waals surface area (Å²) in [7, 11) is 1.68. The number of ether oxygens (including phenoxy) is 1. The second-order valence-corrected chi connectivity index (χ2v) is 9.55. The van der Waals surface area contributed by atoms with Crippen molar-refractivity contribution < 1.29 is 9.53 Å². The Labute approximate surface area is 203 Å². The summed E-state index contributed by atoms with van der Waals surface area (Å²) in [6, 6.07) is 15.2. The van der Waals surface area contributed by atoms with Crippen LogP contribution in [0.2, 0.25) is 0 Å². The average molecular weight is 462 g/mol. The molecule has 2 N–H and O–H groups in total. The van der Waals surface area contributed by atoms with Gasteiger partial charge < -0.3 is 19.9 Å². The molecule has 3 aromatic rings. The summed E-state index contributed by atoms with van der Waals surface area (Å²) in [5, 5.41) is 4.38. The Hall–Kier alpha value is -2.79. The molecule has 1 aliphatic heterocycles. The van der Waals surface area contributed by atoms with Crippen molar-refractivity contribution in [1.82, 2.24) is 15.2 Å². The highest BCUT2D eigenvalue weighted by Crippen LogP contribution is 2.35. The number of hydrogen-bond donors (Lipinski definition) is 2. The summed E-state index contributed by atoms with van der Waals surface area (Å²) in [4.78, 5) is 19.1. The number of aromatic nitrogens is 1. The highest BCUT2D eigenvalue weighted by Gasteiger charge is 2.23. The Balaban J connectivity index is 1.48. The van der Waals surface area contributed by atoms with Crippen LogP contribution in [0.1, 0.15) is 68.6 Å². The smallest absolute Gasteiger partial charge is 0.220 e. The predicted octanol–water partition coefficient (Wildman–Crippen LogP) is 5.64. The van der Waals surface area contributed by atoms with E-state index in [4.69, 9.17) is 4.74 Å². The molecule has 4 rings (SSSR count). The van der Waals surface area contributed by atoms with Crippen molar-refractivity contribution in [2.24, 2.45) is 0 Å². The lowest BCUT2D eigenvalue weighted by Gasteiger charge is -2.33. The van der Waals surface area contributed by atoms with Crippen LogP contribution in [-0.4, -0.2) is 48.6 Å². The molecule has 0 aliphatic carbocycles. The van der Waals surface area contributed by atoms with Gasteiger partial charge >= 0.3 is 0 Å². The van der Waals surface area contributed by atoms with Gasteiger partial charge in [-0.15, -0.1) is 0 Å². The molecule has 1 fully saturated rings. The Kier molecular flexibility index (Phi) is 8.28. The van der Waals surface area contributed by atoms with E-state index in [2.05, 4.69) is 65.6 Å². The molecule has 2 aromatic carbocycles. The topological polar surface area (TPSA) is 57.4 Å². The Morgan fingerprint density at radius 3 is 2.88 bits per heavy atom. The molecule has 5 heteroatoms. The number of carbonyl (C=O) groups excluding carboxylic acids is 1. The zero-order valence-electron chi connectivity index (χ0n) is 20.9. The third kappa shape index (κ3) is 5.64. The minimum Gasteiger partial charge on any atom is -0.497 e. The largest absolute Gasteiger partial charge is 0.497 e. The van der Waals surface area contributed by atoms with Crippen molar-refractivity contribution in [1.29, 1.82) is 0 Å². The van der Waals surface area contributed by atoms with Crippen molar-refractivity contribution in [3.05, 3.63) is 65.4 Å². The molecule has 1 aromatic heterocycles. The summed E-state index contributed by atoms with van der Waals surface area (Å²) >= 11 is 0. The second-order valence-electron chi connectivity index (χ2n) is 9.55. The third-order valence-electron chi connectivity index (χ3n) is 7.36. The molecule has 5 nitrogen and oxygen atoms in total. The molecule has 0 radical (unpaired) electrons. The number of nitrogens with one attached hydrogen (secondary N) is 2. The number of piperidine rings is 1. The zero-order valence-corrected chi connectivity index (χ0v) is 20.9. The summed E-state index contributed by atoms with van der Waals surface area (Å²) < 4.78 is 5.48. The highest BCUT2D eigenvalue weighted by molar-refractivity contribution is 5.88. The summed E-state index contributed by atoms with van der Waals surface area (Å²) in [6.07, 6.45) is 8.38. The lowest BCUT2D eigenvalue weighted by Crippen LogP contribution is -2.39. The number of aryl methyl sites for hydroxylation is 1. The summed E-state index contributed by atoms with van der Waals surface area (Å²) in [6.45, 7) is 7.46. The lowest BCUT2D eigenvalue weighted by atomic mass is 9.87. The summed E-state index contributed by atoms with van der Waals surface area (Å²) in [5.41, 5.74) is 4.73. The SMILES string of the molecule is CCc1cccc2c(C(CC(=O)NCCCN3CCCCC3C)c3cccc(OC)c3)c[nH]c12. The minimum absolute atomic E-state index is 0.0435. The van der Waals surface area contributed by atoms with E-state index in [0.29, 0.717) is 12.5 Å². The number of H-pyrrole nitrogens is 1. The van der Waals surface area contributed by atoms with E-state index in [1.165, 1.54) is 42.3 Å². The fourth-order valence-electron chi connectivity index (χ4n) is 5.34. The Bertz CT molecular complexity index is 1090. The van der Waals surface area contributed by atoms with E-state index < -0.39 is 0 Å². The van der Waals surface area contributed by atoms with Crippen molar-refractivity contribution in [2.45, 2.75) is 64.3 Å². The number of likely N-dealkylation sites (tertiary alicyclic amines) is 1. The molecule has 1 aliphatic rings. The molecular weight excluding hydrogens is 422 g/mol. The maximum Gasteiger partial charge on any atom is 0.220 e. The Morgan fingerprint density at radius 1 is 1.24 bits per heavy atom. The van der Waals surface area contributed by atoms with Crippen molar-refractivity contribution in [3.8, 4) is 5.75 Å². The van der Waals surface area contributed by atoms with Crippen LogP contribution in [-0.2, 0) is 11.2 Å². The zero-order chi connectivity index (χ0) is 23.9. The number of amides is 1. The van der Waals surface area contributed by atoms with Crippen LogP contribution in [0.3, 0.4) is 0 Å². The van der Waals surface area contributed by atoms with Crippen molar-refractivity contribution in [3.63, 3.8) is 0 Å². The second kappa shape index (κ2) is 11.6. The molecule has 1 saturated heterocycles. The number of nitrogens with zero attached hydrogens (tertiary/aromatic N) is 1. The first-order chi connectivity index (χ1) is 16.6. The molecule has 0 saturated carbocycles. The van der Waals surface area contributed by atoms with Gasteiger partial charge in [0, 0.05) is 48.6 Å². The minimum atomic E-state index is -0.0435. The van der Waals surface area contributed by atoms with Gasteiger partial charge in [-0.2, -0.15) is 0 Å². The van der Waals surface area contributed by atoms with Crippen LogP contribution in [0.25, 0.3) is 10.9 Å². The number of aromatic amines is 1. The molecule has 0 bridgehead atoms. The number of hydrogen-bond acceptors (Lipinski definition) is 3. The van der Waals surface area contributed by atoms with Crippen molar-refractivity contribution >= 4 is 16.8 Å². The van der Waals surface area contributed by atoms with Gasteiger partial charge in [-0.05, 0) is 68.0 Å². The average Bonchev–Trinajstić information content (AvgIpc) is 3.30. The number of para-hydroxylation sites is 1. The first-order valence-electron chi connectivity index (χ1n) is 12.8. The molecule has 2 heterocycles. The van der Waals surface area contributed by atoms with Gasteiger partial charge in [0.05, 0.1) is 7.11 Å². The maximum atomic E-state index is 13.1. The van der Waals surface area contributed by atoms with Gasteiger partial charge in [-0.1, -0.05) is 43.7 Å². The van der Waals surface area contributed by atoms with E-state index in [0.717, 1.165) is 42.8 Å². The molecular formula is C29H39N3O2. The van der Waals surface area contributed by atoms with E-state index in [-0.39, 0.29) is 11.8 Å². The highest BCUT2D eigenvalue weighted by atomic mass is 16.5. The normalized spacial score (nSPS) is 17.6. The van der Waals surface area contributed by atoms with E-state index >= 15 is 0 Å². The molecule has 0 spiro atoms. The fraction of sp³-hybridized carbons (Fsp3) is 0.483.